The van der Waals surface area contributed by atoms with Crippen molar-refractivity contribution in [3.63, 3.8) is 0 Å². The molecule has 0 amide bonds. The molecule has 3 N–H and O–H groups in total. The monoisotopic (exact) mass is 371 g/mol. The van der Waals surface area contributed by atoms with Crippen molar-refractivity contribution in [1.82, 2.24) is 9.78 Å². The molecule has 1 aliphatic heterocycles. The number of hydrogen-bond donors (Lipinski definition) is 2. The maximum absolute atomic E-state index is 8.70. The summed E-state index contributed by atoms with van der Waals surface area (Å²) in [5.74, 6) is 1.56. The number of hydrogen-bond acceptors (Lipinski definition) is 6. The number of nitrogens with two attached hydrogens (primary N) is 1. The zero-order chi connectivity index (χ0) is 19.7. The van der Waals surface area contributed by atoms with Crippen LogP contribution in [0.25, 0.3) is 0 Å². The van der Waals surface area contributed by atoms with E-state index < -0.39 is 0 Å². The average molecular weight is 371 g/mol. The molecule has 1 aliphatic rings. The third kappa shape index (κ3) is 4.24. The van der Waals surface area contributed by atoms with E-state index in [2.05, 4.69) is 23.8 Å². The van der Waals surface area contributed by atoms with Gasteiger partial charge in [0.2, 0.25) is 0 Å². The Morgan fingerprint density at radius 3 is 2.56 bits per heavy atom. The van der Waals surface area contributed by atoms with Gasteiger partial charge in [-0.2, -0.15) is 5.10 Å². The molecule has 146 valence electrons. The normalized spacial score (nSPS) is 20.1. The second-order valence-electron chi connectivity index (χ2n) is 7.46. The van der Waals surface area contributed by atoms with Gasteiger partial charge in [0, 0.05) is 37.5 Å². The van der Waals surface area contributed by atoms with E-state index in [9.17, 15) is 0 Å². The minimum absolute atomic E-state index is 0.0595. The van der Waals surface area contributed by atoms with Gasteiger partial charge in [-0.3, -0.25) is 10.1 Å². The van der Waals surface area contributed by atoms with Crippen LogP contribution in [0, 0.1) is 5.41 Å². The maximum atomic E-state index is 8.70. The fourth-order valence-corrected chi connectivity index (χ4v) is 3.44. The molecular formula is C20H29N5O2. The van der Waals surface area contributed by atoms with Crippen molar-refractivity contribution in [3.8, 4) is 5.75 Å². The number of morpholine rings is 1. The third-order valence-corrected chi connectivity index (χ3v) is 4.53. The summed E-state index contributed by atoms with van der Waals surface area (Å²) in [7, 11) is 1.85. The van der Waals surface area contributed by atoms with Crippen LogP contribution in [0.4, 0.5) is 11.5 Å². The Kier molecular flexibility index (Phi) is 5.41. The Bertz CT molecular complexity index is 820. The summed E-state index contributed by atoms with van der Waals surface area (Å²) in [6.07, 6.45) is 0.364. The Morgan fingerprint density at radius 1 is 1.26 bits per heavy atom. The van der Waals surface area contributed by atoms with E-state index in [1.165, 1.54) is 0 Å². The van der Waals surface area contributed by atoms with Crippen molar-refractivity contribution in [2.24, 2.45) is 7.05 Å². The van der Waals surface area contributed by atoms with Crippen LogP contribution in [0.5, 0.6) is 5.75 Å². The number of anilines is 2. The smallest absolute Gasteiger partial charge is 0.151 e. The quantitative estimate of drug-likeness (QED) is 0.623. The molecule has 1 fully saturated rings. The summed E-state index contributed by atoms with van der Waals surface area (Å²) in [6, 6.07) is 7.38. The first-order valence-electron chi connectivity index (χ1n) is 9.34. The first kappa shape index (κ1) is 19.2. The lowest BCUT2D eigenvalue weighted by Crippen LogP contribution is -2.45. The Balaban J connectivity index is 1.89. The number of benzene rings is 1. The molecule has 7 nitrogen and oxygen atoms in total. The second-order valence-corrected chi connectivity index (χ2v) is 7.46. The summed E-state index contributed by atoms with van der Waals surface area (Å²) in [6.45, 7) is 9.64. The Labute approximate surface area is 160 Å². The van der Waals surface area contributed by atoms with Crippen LogP contribution in [0.1, 0.15) is 39.0 Å². The van der Waals surface area contributed by atoms with Gasteiger partial charge in [0.25, 0.3) is 0 Å². The summed E-state index contributed by atoms with van der Waals surface area (Å²) in [5, 5.41) is 13.3. The molecule has 0 radical (unpaired) electrons. The van der Waals surface area contributed by atoms with Crippen LogP contribution in [-0.4, -0.2) is 46.9 Å². The molecule has 1 aromatic heterocycles. The molecule has 0 spiro atoms. The van der Waals surface area contributed by atoms with Crippen LogP contribution < -0.4 is 15.4 Å². The van der Waals surface area contributed by atoms with Crippen molar-refractivity contribution in [1.29, 1.82) is 5.41 Å². The van der Waals surface area contributed by atoms with Crippen molar-refractivity contribution < 1.29 is 9.47 Å². The van der Waals surface area contributed by atoms with Crippen LogP contribution in [0.2, 0.25) is 0 Å². The van der Waals surface area contributed by atoms with Crippen molar-refractivity contribution in [2.45, 2.75) is 46.0 Å². The van der Waals surface area contributed by atoms with Crippen molar-refractivity contribution >= 4 is 17.2 Å². The highest BCUT2D eigenvalue weighted by Crippen LogP contribution is 2.26. The molecule has 1 aromatic carbocycles. The van der Waals surface area contributed by atoms with E-state index in [0.717, 1.165) is 18.9 Å². The number of rotatable bonds is 5. The van der Waals surface area contributed by atoms with Crippen LogP contribution >= 0.6 is 0 Å². The Hall–Kier alpha value is -2.54. The molecule has 3 rings (SSSR count). The van der Waals surface area contributed by atoms with Crippen LogP contribution in [0.15, 0.2) is 24.3 Å². The van der Waals surface area contributed by atoms with E-state index in [1.807, 2.05) is 39.1 Å². The molecular weight excluding hydrogens is 342 g/mol. The fourth-order valence-electron chi connectivity index (χ4n) is 3.44. The molecule has 1 saturated heterocycles. The molecule has 0 saturated carbocycles. The highest BCUT2D eigenvalue weighted by Gasteiger charge is 2.25. The second kappa shape index (κ2) is 7.60. The lowest BCUT2D eigenvalue weighted by molar-refractivity contribution is -0.00548. The number of ether oxygens (including phenoxy) is 2. The topological polar surface area (TPSA) is 89.4 Å². The summed E-state index contributed by atoms with van der Waals surface area (Å²) in [4.78, 5) is 2.21. The molecule has 7 heteroatoms. The van der Waals surface area contributed by atoms with Gasteiger partial charge in [0.15, 0.2) is 5.82 Å². The predicted octanol–water partition coefficient (Wildman–Crippen LogP) is 2.82. The standard InChI is InChI=1S/C20H29N5O2/c1-12(2)26-15-6-7-17(21)16(8-15)20(22)18-9-19(23-24(18)5)25-10-13(3)27-14(4)11-25/h6-9,12-14,22H,10-11,21H2,1-5H3/t13-,14+. The van der Waals surface area contributed by atoms with Gasteiger partial charge in [-0.25, -0.2) is 0 Å². The Morgan fingerprint density at radius 2 is 1.93 bits per heavy atom. The first-order chi connectivity index (χ1) is 12.7. The van der Waals surface area contributed by atoms with Gasteiger partial charge in [-0.15, -0.1) is 0 Å². The van der Waals surface area contributed by atoms with Gasteiger partial charge in [-0.1, -0.05) is 0 Å². The largest absolute Gasteiger partial charge is 0.491 e. The minimum atomic E-state index is 0.0595. The zero-order valence-corrected chi connectivity index (χ0v) is 16.7. The minimum Gasteiger partial charge on any atom is -0.491 e. The molecule has 2 heterocycles. The number of nitrogens with one attached hydrogen (secondary N) is 1. The summed E-state index contributed by atoms with van der Waals surface area (Å²) >= 11 is 0. The predicted molar refractivity (Wildman–Crippen MR) is 108 cm³/mol. The van der Waals surface area contributed by atoms with E-state index in [1.54, 1.807) is 10.7 Å². The van der Waals surface area contributed by atoms with Gasteiger partial charge in [0.1, 0.15) is 5.75 Å². The van der Waals surface area contributed by atoms with Gasteiger partial charge in [-0.05, 0) is 45.9 Å². The molecule has 27 heavy (non-hydrogen) atoms. The molecule has 0 aliphatic carbocycles. The van der Waals surface area contributed by atoms with E-state index in [-0.39, 0.29) is 18.3 Å². The SMILES string of the molecule is CC(C)Oc1ccc(N)c(C(=N)c2cc(N3C[C@@H](C)O[C@@H](C)C3)nn2C)c1. The van der Waals surface area contributed by atoms with E-state index >= 15 is 0 Å². The van der Waals surface area contributed by atoms with Crippen molar-refractivity contribution in [3.05, 3.63) is 35.5 Å². The molecule has 2 atom stereocenters. The summed E-state index contributed by atoms with van der Waals surface area (Å²) < 4.78 is 13.3. The van der Waals surface area contributed by atoms with Gasteiger partial charge < -0.3 is 20.1 Å². The lowest BCUT2D eigenvalue weighted by atomic mass is 10.0. The van der Waals surface area contributed by atoms with Crippen LogP contribution in [-0.2, 0) is 11.8 Å². The first-order valence-corrected chi connectivity index (χ1v) is 9.34. The zero-order valence-electron chi connectivity index (χ0n) is 16.7. The number of aromatic nitrogens is 2. The molecule has 2 aromatic rings. The number of nitrogens with zero attached hydrogens (tertiary/aromatic N) is 3. The highest BCUT2D eigenvalue weighted by molar-refractivity contribution is 6.13. The highest BCUT2D eigenvalue weighted by atomic mass is 16.5. The summed E-state index contributed by atoms with van der Waals surface area (Å²) in [5.41, 5.74) is 8.38. The molecule has 0 unspecified atom stereocenters. The van der Waals surface area contributed by atoms with E-state index in [0.29, 0.717) is 28.4 Å². The number of nitrogen functional groups attached to an aromatic ring is 1. The maximum Gasteiger partial charge on any atom is 0.151 e. The third-order valence-electron chi connectivity index (χ3n) is 4.53. The van der Waals surface area contributed by atoms with Gasteiger partial charge >= 0.3 is 0 Å². The number of aryl methyl sites for hydroxylation is 1. The van der Waals surface area contributed by atoms with E-state index in [4.69, 9.17) is 20.6 Å². The van der Waals surface area contributed by atoms with Crippen molar-refractivity contribution in [2.75, 3.05) is 23.7 Å². The molecule has 0 bridgehead atoms. The average Bonchev–Trinajstić information content (AvgIpc) is 2.96. The van der Waals surface area contributed by atoms with Gasteiger partial charge in [0.05, 0.1) is 29.7 Å². The van der Waals surface area contributed by atoms with Crippen LogP contribution in [0.3, 0.4) is 0 Å². The fraction of sp³-hybridized carbons (Fsp3) is 0.500. The lowest BCUT2D eigenvalue weighted by Gasteiger charge is -2.35.